The Kier molecular flexibility index (Phi) is 6.66. The van der Waals surface area contributed by atoms with Crippen molar-refractivity contribution >= 4 is 0 Å². The van der Waals surface area contributed by atoms with Gasteiger partial charge in [-0.3, -0.25) is 10.2 Å². The average molecular weight is 395 g/mol. The second-order valence-electron chi connectivity index (χ2n) is 8.63. The topological polar surface area (TPSA) is 33.7 Å². The molecule has 2 fully saturated rings. The van der Waals surface area contributed by atoms with Crippen molar-refractivity contribution < 1.29 is 9.47 Å². The van der Waals surface area contributed by atoms with Crippen LogP contribution in [0.1, 0.15) is 43.7 Å². The van der Waals surface area contributed by atoms with Gasteiger partial charge >= 0.3 is 0 Å². The summed E-state index contributed by atoms with van der Waals surface area (Å²) in [5, 5.41) is 3.48. The average Bonchev–Trinajstić information content (AvgIpc) is 3.66. The van der Waals surface area contributed by atoms with Gasteiger partial charge in [0.1, 0.15) is 0 Å². The molecule has 156 valence electrons. The zero-order chi connectivity index (χ0) is 20.0. The van der Waals surface area contributed by atoms with Crippen LogP contribution in [0.2, 0.25) is 0 Å². The van der Waals surface area contributed by atoms with Gasteiger partial charge in [-0.25, -0.2) is 0 Å². The second-order valence-corrected chi connectivity index (χ2v) is 8.63. The highest BCUT2D eigenvalue weighted by molar-refractivity contribution is 5.17. The van der Waals surface area contributed by atoms with Crippen molar-refractivity contribution in [1.29, 1.82) is 0 Å². The van der Waals surface area contributed by atoms with Crippen LogP contribution in [0.15, 0.2) is 60.7 Å². The van der Waals surface area contributed by atoms with E-state index in [1.165, 1.54) is 24.0 Å². The number of hydrogen-bond donors (Lipinski definition) is 1. The summed E-state index contributed by atoms with van der Waals surface area (Å²) in [6.07, 6.45) is 4.62. The standard InChI is InChI=1S/C25H34N2O2/c1-2-28-24(13-14-24)19-26-21-29-25(15-16-25)20-27(17-22-9-5-3-6-10-22)18-23-11-7-4-8-12-23/h3-12,26H,2,13-21H2,1H3. The fraction of sp³-hybridized carbons (Fsp3) is 0.520. The summed E-state index contributed by atoms with van der Waals surface area (Å²) in [5.41, 5.74) is 2.79. The molecule has 4 rings (SSSR count). The van der Waals surface area contributed by atoms with Gasteiger partial charge in [-0.15, -0.1) is 0 Å². The fourth-order valence-corrected chi connectivity index (χ4v) is 4.05. The molecular formula is C25H34N2O2. The minimum Gasteiger partial charge on any atom is -0.374 e. The Balaban J connectivity index is 1.31. The van der Waals surface area contributed by atoms with E-state index in [1.807, 2.05) is 0 Å². The third kappa shape index (κ3) is 6.13. The molecule has 0 unspecified atom stereocenters. The first-order chi connectivity index (χ1) is 14.2. The summed E-state index contributed by atoms with van der Waals surface area (Å²) < 4.78 is 12.2. The smallest absolute Gasteiger partial charge is 0.0974 e. The molecule has 2 saturated carbocycles. The molecular weight excluding hydrogens is 360 g/mol. The van der Waals surface area contributed by atoms with E-state index in [0.717, 1.165) is 45.6 Å². The van der Waals surface area contributed by atoms with E-state index in [1.54, 1.807) is 0 Å². The zero-order valence-electron chi connectivity index (χ0n) is 17.6. The molecule has 2 aromatic carbocycles. The van der Waals surface area contributed by atoms with Crippen molar-refractivity contribution in [3.05, 3.63) is 71.8 Å². The van der Waals surface area contributed by atoms with Gasteiger partial charge in [-0.2, -0.15) is 0 Å². The van der Waals surface area contributed by atoms with Crippen LogP contribution in [0.4, 0.5) is 0 Å². The molecule has 2 aromatic rings. The largest absolute Gasteiger partial charge is 0.374 e. The van der Waals surface area contributed by atoms with Crippen molar-refractivity contribution in [2.45, 2.75) is 56.9 Å². The van der Waals surface area contributed by atoms with Crippen molar-refractivity contribution in [1.82, 2.24) is 10.2 Å². The Morgan fingerprint density at radius 3 is 1.83 bits per heavy atom. The Bertz CT molecular complexity index is 700. The van der Waals surface area contributed by atoms with Crippen molar-refractivity contribution in [2.24, 2.45) is 0 Å². The molecule has 29 heavy (non-hydrogen) atoms. The van der Waals surface area contributed by atoms with Crippen molar-refractivity contribution in [3.8, 4) is 0 Å². The lowest BCUT2D eigenvalue weighted by molar-refractivity contribution is -0.0182. The SMILES string of the molecule is CCOC1(CNCOC2(CN(Cc3ccccc3)Cc3ccccc3)CC2)CC1. The third-order valence-electron chi connectivity index (χ3n) is 6.00. The molecule has 0 spiro atoms. The van der Waals surface area contributed by atoms with Crippen LogP contribution in [-0.2, 0) is 22.6 Å². The van der Waals surface area contributed by atoms with Crippen LogP contribution in [0.25, 0.3) is 0 Å². The predicted octanol–water partition coefficient (Wildman–Crippen LogP) is 4.35. The van der Waals surface area contributed by atoms with Crippen LogP contribution in [0, 0.1) is 0 Å². The monoisotopic (exact) mass is 394 g/mol. The van der Waals surface area contributed by atoms with Gasteiger partial charge in [0.05, 0.1) is 17.9 Å². The Hall–Kier alpha value is -1.72. The van der Waals surface area contributed by atoms with E-state index in [-0.39, 0.29) is 11.2 Å². The van der Waals surface area contributed by atoms with E-state index < -0.39 is 0 Å². The number of ether oxygens (including phenoxy) is 2. The van der Waals surface area contributed by atoms with Gasteiger partial charge in [0.15, 0.2) is 0 Å². The summed E-state index contributed by atoms with van der Waals surface area (Å²) >= 11 is 0. The number of nitrogens with one attached hydrogen (secondary N) is 1. The van der Waals surface area contributed by atoms with Gasteiger partial charge in [0.25, 0.3) is 0 Å². The Morgan fingerprint density at radius 1 is 0.793 bits per heavy atom. The van der Waals surface area contributed by atoms with Gasteiger partial charge < -0.3 is 9.47 Å². The van der Waals surface area contributed by atoms with Gasteiger partial charge in [-0.1, -0.05) is 60.7 Å². The summed E-state index contributed by atoms with van der Waals surface area (Å²) in [6, 6.07) is 21.5. The molecule has 0 amide bonds. The second kappa shape index (κ2) is 9.40. The van der Waals surface area contributed by atoms with Crippen LogP contribution >= 0.6 is 0 Å². The maximum atomic E-state index is 6.34. The minimum absolute atomic E-state index is 0.00110. The zero-order valence-corrected chi connectivity index (χ0v) is 17.6. The normalized spacial score (nSPS) is 18.7. The van der Waals surface area contributed by atoms with E-state index in [4.69, 9.17) is 9.47 Å². The van der Waals surface area contributed by atoms with Crippen LogP contribution < -0.4 is 5.32 Å². The summed E-state index contributed by atoms with van der Waals surface area (Å²) in [6.45, 7) is 7.23. The molecule has 0 aromatic heterocycles. The molecule has 0 aliphatic heterocycles. The first-order valence-electron chi connectivity index (χ1n) is 11.0. The van der Waals surface area contributed by atoms with Crippen molar-refractivity contribution in [3.63, 3.8) is 0 Å². The molecule has 2 aliphatic carbocycles. The number of benzene rings is 2. The molecule has 4 heteroatoms. The Morgan fingerprint density at radius 2 is 1.34 bits per heavy atom. The van der Waals surface area contributed by atoms with Crippen molar-refractivity contribution in [2.75, 3.05) is 26.4 Å². The molecule has 0 bridgehead atoms. The highest BCUT2D eigenvalue weighted by Gasteiger charge is 2.46. The quantitative estimate of drug-likeness (QED) is 0.404. The van der Waals surface area contributed by atoms with E-state index in [0.29, 0.717) is 6.73 Å². The predicted molar refractivity (Wildman–Crippen MR) is 117 cm³/mol. The lowest BCUT2D eigenvalue weighted by atomic mass is 10.1. The minimum atomic E-state index is -0.00110. The van der Waals surface area contributed by atoms with E-state index >= 15 is 0 Å². The van der Waals surface area contributed by atoms with Gasteiger partial charge in [0, 0.05) is 32.8 Å². The maximum Gasteiger partial charge on any atom is 0.0974 e. The third-order valence-corrected chi connectivity index (χ3v) is 6.00. The van der Waals surface area contributed by atoms with Crippen LogP contribution in [-0.4, -0.2) is 42.5 Å². The first kappa shape index (κ1) is 20.5. The van der Waals surface area contributed by atoms with E-state index in [9.17, 15) is 0 Å². The highest BCUT2D eigenvalue weighted by atomic mass is 16.5. The number of rotatable bonds is 13. The van der Waals surface area contributed by atoms with E-state index in [2.05, 4.69) is 77.8 Å². The van der Waals surface area contributed by atoms with Gasteiger partial charge in [0.2, 0.25) is 0 Å². The molecule has 0 atom stereocenters. The molecule has 0 heterocycles. The molecule has 4 nitrogen and oxygen atoms in total. The molecule has 0 saturated heterocycles. The number of hydrogen-bond acceptors (Lipinski definition) is 4. The summed E-state index contributed by atoms with van der Waals surface area (Å²) in [7, 11) is 0. The lowest BCUT2D eigenvalue weighted by Crippen LogP contribution is -2.39. The highest BCUT2D eigenvalue weighted by Crippen LogP contribution is 2.41. The number of nitrogens with zero attached hydrogens (tertiary/aromatic N) is 1. The lowest BCUT2D eigenvalue weighted by Gasteiger charge is -2.28. The van der Waals surface area contributed by atoms with Crippen LogP contribution in [0.5, 0.6) is 0 Å². The Labute approximate surface area is 175 Å². The maximum absolute atomic E-state index is 6.34. The molecule has 0 radical (unpaired) electrons. The summed E-state index contributed by atoms with van der Waals surface area (Å²) in [5.74, 6) is 0. The first-order valence-corrected chi connectivity index (χ1v) is 11.0. The van der Waals surface area contributed by atoms with Gasteiger partial charge in [-0.05, 0) is 43.7 Å². The summed E-state index contributed by atoms with van der Waals surface area (Å²) in [4.78, 5) is 2.53. The molecule has 2 aliphatic rings. The molecule has 1 N–H and O–H groups in total. The van der Waals surface area contributed by atoms with Crippen LogP contribution in [0.3, 0.4) is 0 Å². The fourth-order valence-electron chi connectivity index (χ4n) is 4.05.